The molecule has 78 valence electrons. The maximum Gasteiger partial charge on any atom is 0.324 e. The second-order valence-corrected chi connectivity index (χ2v) is 2.45. The Hall–Kier alpha value is -2.25. The molecular formula is C7H8N6O2. The zero-order valence-electron chi connectivity index (χ0n) is 8.15. The lowest BCUT2D eigenvalue weighted by Gasteiger charge is -2.03. The van der Waals surface area contributed by atoms with Crippen LogP contribution in [0.4, 0.5) is 0 Å². The molecule has 0 amide bonds. The molecule has 0 saturated carbocycles. The van der Waals surface area contributed by atoms with Crippen molar-refractivity contribution < 1.29 is 9.47 Å². The monoisotopic (exact) mass is 208 g/mol. The van der Waals surface area contributed by atoms with Gasteiger partial charge in [0, 0.05) is 0 Å². The molecular weight excluding hydrogens is 200 g/mol. The number of rotatable bonds is 3. The molecule has 0 bridgehead atoms. The molecule has 0 aliphatic carbocycles. The first-order valence-corrected chi connectivity index (χ1v) is 4.02. The van der Waals surface area contributed by atoms with Crippen molar-refractivity contribution in [1.29, 1.82) is 0 Å². The van der Waals surface area contributed by atoms with Gasteiger partial charge in [-0.3, -0.25) is 0 Å². The Balaban J connectivity index is 2.47. The van der Waals surface area contributed by atoms with Crippen LogP contribution in [0, 0.1) is 0 Å². The van der Waals surface area contributed by atoms with Gasteiger partial charge in [0.15, 0.2) is 0 Å². The van der Waals surface area contributed by atoms with Crippen LogP contribution in [0.15, 0.2) is 12.7 Å². The van der Waals surface area contributed by atoms with Gasteiger partial charge in [-0.1, -0.05) is 0 Å². The van der Waals surface area contributed by atoms with Gasteiger partial charge in [-0.05, 0) is 0 Å². The second-order valence-electron chi connectivity index (χ2n) is 2.45. The molecule has 15 heavy (non-hydrogen) atoms. The molecule has 2 heterocycles. The number of hydrogen-bond donors (Lipinski definition) is 0. The highest BCUT2D eigenvalue weighted by molar-refractivity contribution is 5.14. The molecule has 2 rings (SSSR count). The minimum Gasteiger partial charge on any atom is -0.467 e. The fourth-order valence-corrected chi connectivity index (χ4v) is 0.924. The Kier molecular flexibility index (Phi) is 2.40. The Bertz CT molecular complexity index is 420. The van der Waals surface area contributed by atoms with Crippen molar-refractivity contribution in [3.8, 4) is 18.0 Å². The Labute approximate surface area is 84.9 Å². The minimum atomic E-state index is 0.160. The molecule has 0 radical (unpaired) electrons. The number of nitrogens with zero attached hydrogens (tertiary/aromatic N) is 6. The van der Waals surface area contributed by atoms with Crippen molar-refractivity contribution in [2.24, 2.45) is 0 Å². The second kappa shape index (κ2) is 3.86. The minimum absolute atomic E-state index is 0.160. The summed E-state index contributed by atoms with van der Waals surface area (Å²) < 4.78 is 11.2. The molecule has 0 unspecified atom stereocenters. The van der Waals surface area contributed by atoms with E-state index in [1.165, 1.54) is 31.6 Å². The first-order valence-electron chi connectivity index (χ1n) is 4.02. The third-order valence-electron chi connectivity index (χ3n) is 1.57. The van der Waals surface area contributed by atoms with E-state index in [1.54, 1.807) is 0 Å². The van der Waals surface area contributed by atoms with Crippen LogP contribution in [-0.4, -0.2) is 43.9 Å². The van der Waals surface area contributed by atoms with Gasteiger partial charge < -0.3 is 9.47 Å². The average Bonchev–Trinajstić information content (AvgIpc) is 2.81. The lowest BCUT2D eigenvalue weighted by molar-refractivity contribution is 0.338. The van der Waals surface area contributed by atoms with E-state index in [4.69, 9.17) is 9.47 Å². The summed E-state index contributed by atoms with van der Waals surface area (Å²) in [4.78, 5) is 15.6. The van der Waals surface area contributed by atoms with E-state index in [1.807, 2.05) is 0 Å². The first kappa shape index (κ1) is 9.31. The van der Waals surface area contributed by atoms with Gasteiger partial charge in [-0.15, -0.1) is 4.98 Å². The molecule has 2 aromatic heterocycles. The predicted molar refractivity (Wildman–Crippen MR) is 47.8 cm³/mol. The van der Waals surface area contributed by atoms with Crippen molar-refractivity contribution in [2.45, 2.75) is 0 Å². The fourth-order valence-electron chi connectivity index (χ4n) is 0.924. The average molecular weight is 208 g/mol. The normalized spacial score (nSPS) is 10.0. The summed E-state index contributed by atoms with van der Waals surface area (Å²) in [6.07, 6.45) is 2.84. The number of aromatic nitrogens is 6. The highest BCUT2D eigenvalue weighted by Gasteiger charge is 2.08. The maximum atomic E-state index is 4.89. The number of hydrogen-bond acceptors (Lipinski definition) is 7. The molecule has 0 N–H and O–H groups in total. The van der Waals surface area contributed by atoms with Crippen LogP contribution in [0.1, 0.15) is 0 Å². The fraction of sp³-hybridized carbons (Fsp3) is 0.286. The third kappa shape index (κ3) is 1.82. The predicted octanol–water partition coefficient (Wildman–Crippen LogP) is -0.530. The van der Waals surface area contributed by atoms with E-state index in [9.17, 15) is 0 Å². The van der Waals surface area contributed by atoms with Gasteiger partial charge in [0.2, 0.25) is 0 Å². The molecule has 0 fully saturated rings. The number of ether oxygens (including phenoxy) is 2. The van der Waals surface area contributed by atoms with Gasteiger partial charge >= 0.3 is 12.0 Å². The Morgan fingerprint density at radius 1 is 1.07 bits per heavy atom. The Morgan fingerprint density at radius 2 is 1.73 bits per heavy atom. The summed E-state index contributed by atoms with van der Waals surface area (Å²) in [7, 11) is 2.92. The summed E-state index contributed by atoms with van der Waals surface area (Å²) in [6, 6.07) is 0.319. The van der Waals surface area contributed by atoms with Crippen LogP contribution < -0.4 is 9.47 Å². The van der Waals surface area contributed by atoms with Crippen LogP contribution in [0.2, 0.25) is 0 Å². The standard InChI is InChI=1S/C7H8N6O2/c1-14-6-10-5(11-7(12-6)15-2)13-4-8-3-9-13/h3-4H,1-2H3. The van der Waals surface area contributed by atoms with Crippen LogP contribution in [0.3, 0.4) is 0 Å². The molecule has 0 aliphatic heterocycles. The lowest BCUT2D eigenvalue weighted by atomic mass is 10.8. The van der Waals surface area contributed by atoms with E-state index in [2.05, 4.69) is 25.0 Å². The van der Waals surface area contributed by atoms with E-state index < -0.39 is 0 Å². The largest absolute Gasteiger partial charge is 0.467 e. The summed E-state index contributed by atoms with van der Waals surface area (Å²) in [5.41, 5.74) is 0. The van der Waals surface area contributed by atoms with E-state index >= 15 is 0 Å². The molecule has 0 aliphatic rings. The summed E-state index contributed by atoms with van der Waals surface area (Å²) in [5, 5.41) is 3.88. The van der Waals surface area contributed by atoms with Crippen molar-refractivity contribution in [1.82, 2.24) is 29.7 Å². The van der Waals surface area contributed by atoms with Gasteiger partial charge in [0.1, 0.15) is 12.7 Å². The SMILES string of the molecule is COc1nc(OC)nc(-n2cncn2)n1. The number of methoxy groups -OCH3 is 2. The molecule has 2 aromatic rings. The van der Waals surface area contributed by atoms with Crippen molar-refractivity contribution in [2.75, 3.05) is 14.2 Å². The lowest BCUT2D eigenvalue weighted by Crippen LogP contribution is -2.06. The van der Waals surface area contributed by atoms with Crippen LogP contribution in [0.25, 0.3) is 5.95 Å². The summed E-state index contributed by atoms with van der Waals surface area (Å²) in [5.74, 6) is 0.288. The van der Waals surface area contributed by atoms with Crippen molar-refractivity contribution in [3.63, 3.8) is 0 Å². The molecule has 0 saturated heterocycles. The van der Waals surface area contributed by atoms with Crippen molar-refractivity contribution in [3.05, 3.63) is 12.7 Å². The molecule has 0 spiro atoms. The summed E-state index contributed by atoms with van der Waals surface area (Å²) in [6.45, 7) is 0. The smallest absolute Gasteiger partial charge is 0.324 e. The topological polar surface area (TPSA) is 87.8 Å². The van der Waals surface area contributed by atoms with E-state index in [0.29, 0.717) is 0 Å². The van der Waals surface area contributed by atoms with Crippen molar-refractivity contribution >= 4 is 0 Å². The van der Waals surface area contributed by atoms with Gasteiger partial charge in [-0.25, -0.2) is 4.98 Å². The third-order valence-corrected chi connectivity index (χ3v) is 1.57. The molecule has 0 atom stereocenters. The molecule has 8 nitrogen and oxygen atoms in total. The molecule has 0 aromatic carbocycles. The Morgan fingerprint density at radius 3 is 2.20 bits per heavy atom. The highest BCUT2D eigenvalue weighted by Crippen LogP contribution is 2.10. The summed E-state index contributed by atoms with van der Waals surface area (Å²) >= 11 is 0. The van der Waals surface area contributed by atoms with Gasteiger partial charge in [0.05, 0.1) is 14.2 Å². The van der Waals surface area contributed by atoms with Crippen LogP contribution in [0.5, 0.6) is 12.0 Å². The molecule has 8 heteroatoms. The van der Waals surface area contributed by atoms with Crippen LogP contribution in [-0.2, 0) is 0 Å². The zero-order valence-corrected chi connectivity index (χ0v) is 8.15. The van der Waals surface area contributed by atoms with E-state index in [-0.39, 0.29) is 18.0 Å². The highest BCUT2D eigenvalue weighted by atomic mass is 16.5. The zero-order chi connectivity index (χ0) is 10.7. The van der Waals surface area contributed by atoms with E-state index in [0.717, 1.165) is 0 Å². The quantitative estimate of drug-likeness (QED) is 0.669. The van der Waals surface area contributed by atoms with Crippen LogP contribution >= 0.6 is 0 Å². The maximum absolute atomic E-state index is 4.89. The van der Waals surface area contributed by atoms with Gasteiger partial charge in [0.25, 0.3) is 5.95 Å². The first-order chi connectivity index (χ1) is 7.33. The van der Waals surface area contributed by atoms with Gasteiger partial charge in [-0.2, -0.15) is 19.7 Å².